The molecule has 8 heteroatoms. The number of aryl methyl sites for hydroxylation is 1. The first-order chi connectivity index (χ1) is 15.3. The largest absolute Gasteiger partial charge is 0.480 e. The summed E-state index contributed by atoms with van der Waals surface area (Å²) >= 11 is 0. The maximum absolute atomic E-state index is 13.1. The van der Waals surface area contributed by atoms with Crippen LogP contribution in [0.3, 0.4) is 0 Å². The van der Waals surface area contributed by atoms with Crippen LogP contribution in [0, 0.1) is 11.8 Å². The number of carbonyl (C=O) groups excluding carboxylic acids is 1. The number of carbonyl (C=O) groups is 3. The first kappa shape index (κ1) is 24.2. The molecule has 1 heterocycles. The van der Waals surface area contributed by atoms with Gasteiger partial charge in [-0.25, -0.2) is 0 Å². The second-order valence-corrected chi connectivity index (χ2v) is 8.89. The molecule has 1 saturated heterocycles. The zero-order valence-electron chi connectivity index (χ0n) is 18.6. The Balaban J connectivity index is 1.99. The number of hydrogen-bond acceptors (Lipinski definition) is 6. The summed E-state index contributed by atoms with van der Waals surface area (Å²) in [6, 6.07) is 6.31. The minimum atomic E-state index is -1.40. The molecule has 3 rings (SSSR count). The first-order valence-corrected chi connectivity index (χ1v) is 11.5. The van der Waals surface area contributed by atoms with Crippen LogP contribution in [-0.2, 0) is 25.5 Å². The third kappa shape index (κ3) is 5.30. The molecule has 6 atom stereocenters. The van der Waals surface area contributed by atoms with E-state index in [1.54, 1.807) is 11.8 Å². The number of hydrogen-bond donors (Lipinski definition) is 3. The van der Waals surface area contributed by atoms with Crippen molar-refractivity contribution < 1.29 is 29.3 Å². The molecule has 4 N–H and O–H groups in total. The van der Waals surface area contributed by atoms with Crippen molar-refractivity contribution in [2.75, 3.05) is 6.61 Å². The lowest BCUT2D eigenvalue weighted by Gasteiger charge is -2.43. The van der Waals surface area contributed by atoms with Crippen molar-refractivity contribution in [2.45, 2.75) is 76.0 Å². The molecule has 8 nitrogen and oxygen atoms in total. The lowest BCUT2D eigenvalue weighted by Crippen LogP contribution is -2.62. The number of esters is 1. The van der Waals surface area contributed by atoms with Crippen LogP contribution in [-0.4, -0.2) is 63.8 Å². The number of nitrogens with zero attached hydrogens (tertiary/aromatic N) is 1. The molecule has 32 heavy (non-hydrogen) atoms. The van der Waals surface area contributed by atoms with E-state index in [2.05, 4.69) is 0 Å². The fourth-order valence-corrected chi connectivity index (χ4v) is 5.59. The summed E-state index contributed by atoms with van der Waals surface area (Å²) in [5.41, 5.74) is 7.20. The predicted molar refractivity (Wildman–Crippen MR) is 118 cm³/mol. The summed E-state index contributed by atoms with van der Waals surface area (Å²) in [7, 11) is 0. The molecule has 0 spiro atoms. The molecule has 6 unspecified atom stereocenters. The summed E-state index contributed by atoms with van der Waals surface area (Å²) in [4.78, 5) is 39.1. The van der Waals surface area contributed by atoms with E-state index < -0.39 is 42.0 Å². The minimum absolute atomic E-state index is 0.0890. The van der Waals surface area contributed by atoms with Gasteiger partial charge in [-0.3, -0.25) is 19.3 Å². The SMILES string of the molecule is CCOC(=O)C(CCc1ccccc1)C(C(N)C(=O)O)N1C(C(=O)O)CC2CCCCC21. The van der Waals surface area contributed by atoms with Gasteiger partial charge in [-0.1, -0.05) is 43.2 Å². The molecule has 2 fully saturated rings. The van der Waals surface area contributed by atoms with Crippen molar-refractivity contribution in [2.24, 2.45) is 17.6 Å². The molecule has 1 saturated carbocycles. The van der Waals surface area contributed by atoms with Crippen LogP contribution in [0.2, 0.25) is 0 Å². The maximum Gasteiger partial charge on any atom is 0.322 e. The molecule has 0 aromatic heterocycles. The van der Waals surface area contributed by atoms with Gasteiger partial charge in [0.1, 0.15) is 12.1 Å². The van der Waals surface area contributed by atoms with Gasteiger partial charge in [0, 0.05) is 12.1 Å². The van der Waals surface area contributed by atoms with Gasteiger partial charge in [0.2, 0.25) is 0 Å². The van der Waals surface area contributed by atoms with Gasteiger partial charge in [0.25, 0.3) is 0 Å². The van der Waals surface area contributed by atoms with Crippen LogP contribution in [0.15, 0.2) is 30.3 Å². The van der Waals surface area contributed by atoms with E-state index in [0.29, 0.717) is 19.3 Å². The van der Waals surface area contributed by atoms with E-state index in [0.717, 1.165) is 31.2 Å². The molecule has 1 aliphatic heterocycles. The minimum Gasteiger partial charge on any atom is -0.480 e. The highest BCUT2D eigenvalue weighted by atomic mass is 16.5. The van der Waals surface area contributed by atoms with E-state index >= 15 is 0 Å². The number of ether oxygens (including phenoxy) is 1. The Bertz CT molecular complexity index is 801. The lowest BCUT2D eigenvalue weighted by molar-refractivity contribution is -0.158. The van der Waals surface area contributed by atoms with Crippen molar-refractivity contribution >= 4 is 17.9 Å². The molecule has 0 radical (unpaired) electrons. The molecular formula is C24H34N2O6. The molecule has 2 aliphatic rings. The Morgan fingerprint density at radius 2 is 1.84 bits per heavy atom. The van der Waals surface area contributed by atoms with Crippen LogP contribution in [0.4, 0.5) is 0 Å². The van der Waals surface area contributed by atoms with E-state index in [9.17, 15) is 24.6 Å². The highest BCUT2D eigenvalue weighted by molar-refractivity contribution is 5.80. The Morgan fingerprint density at radius 1 is 1.16 bits per heavy atom. The molecular weight excluding hydrogens is 412 g/mol. The number of carboxylic acids is 2. The van der Waals surface area contributed by atoms with Crippen molar-refractivity contribution in [1.82, 2.24) is 4.90 Å². The number of fused-ring (bicyclic) bond motifs is 1. The number of likely N-dealkylation sites (tertiary alicyclic amines) is 1. The number of aliphatic carboxylic acids is 2. The molecule has 1 aromatic carbocycles. The second-order valence-electron chi connectivity index (χ2n) is 8.89. The molecule has 1 aromatic rings. The topological polar surface area (TPSA) is 130 Å². The van der Waals surface area contributed by atoms with E-state index in [-0.39, 0.29) is 18.6 Å². The smallest absolute Gasteiger partial charge is 0.322 e. The Morgan fingerprint density at radius 3 is 2.47 bits per heavy atom. The highest BCUT2D eigenvalue weighted by Gasteiger charge is 2.53. The average molecular weight is 447 g/mol. The van der Waals surface area contributed by atoms with Crippen LogP contribution in [0.1, 0.15) is 51.0 Å². The third-order valence-corrected chi connectivity index (χ3v) is 7.01. The van der Waals surface area contributed by atoms with Gasteiger partial charge >= 0.3 is 17.9 Å². The second kappa shape index (κ2) is 10.9. The Labute approximate surface area is 188 Å². The van der Waals surface area contributed by atoms with Crippen LogP contribution >= 0.6 is 0 Å². The van der Waals surface area contributed by atoms with Gasteiger partial charge < -0.3 is 20.7 Å². The van der Waals surface area contributed by atoms with Gasteiger partial charge in [-0.15, -0.1) is 0 Å². The maximum atomic E-state index is 13.1. The zero-order valence-corrected chi connectivity index (χ0v) is 18.6. The number of benzene rings is 1. The van der Waals surface area contributed by atoms with Crippen molar-refractivity contribution in [3.8, 4) is 0 Å². The molecule has 1 aliphatic carbocycles. The Kier molecular flexibility index (Phi) is 8.26. The first-order valence-electron chi connectivity index (χ1n) is 11.5. The van der Waals surface area contributed by atoms with Crippen molar-refractivity contribution in [3.05, 3.63) is 35.9 Å². The van der Waals surface area contributed by atoms with Gasteiger partial charge in [0.05, 0.1) is 12.5 Å². The van der Waals surface area contributed by atoms with Crippen LogP contribution in [0.5, 0.6) is 0 Å². The molecule has 176 valence electrons. The summed E-state index contributed by atoms with van der Waals surface area (Å²) in [6.45, 7) is 1.86. The lowest BCUT2D eigenvalue weighted by atomic mass is 9.82. The highest BCUT2D eigenvalue weighted by Crippen LogP contribution is 2.43. The normalized spacial score (nSPS) is 26.0. The van der Waals surface area contributed by atoms with E-state index in [1.807, 2.05) is 30.3 Å². The zero-order chi connectivity index (χ0) is 23.3. The molecule has 0 bridgehead atoms. The van der Waals surface area contributed by atoms with Crippen LogP contribution < -0.4 is 5.73 Å². The van der Waals surface area contributed by atoms with E-state index in [1.165, 1.54) is 0 Å². The quantitative estimate of drug-likeness (QED) is 0.467. The summed E-state index contributed by atoms with van der Waals surface area (Å²) in [5, 5.41) is 19.8. The Hall–Kier alpha value is -2.45. The van der Waals surface area contributed by atoms with Crippen LogP contribution in [0.25, 0.3) is 0 Å². The van der Waals surface area contributed by atoms with Gasteiger partial charge in [-0.05, 0) is 50.5 Å². The average Bonchev–Trinajstić information content (AvgIpc) is 3.16. The molecule has 0 amide bonds. The number of nitrogens with two attached hydrogens (primary N) is 1. The fourth-order valence-electron chi connectivity index (χ4n) is 5.59. The van der Waals surface area contributed by atoms with Gasteiger partial charge in [-0.2, -0.15) is 0 Å². The fraction of sp³-hybridized carbons (Fsp3) is 0.625. The third-order valence-electron chi connectivity index (χ3n) is 7.01. The summed E-state index contributed by atoms with van der Waals surface area (Å²) in [5.74, 6) is -3.43. The predicted octanol–water partition coefficient (Wildman–Crippen LogP) is 2.30. The summed E-state index contributed by atoms with van der Waals surface area (Å²) in [6.07, 6.45) is 5.00. The van der Waals surface area contributed by atoms with Crippen molar-refractivity contribution in [3.63, 3.8) is 0 Å². The van der Waals surface area contributed by atoms with E-state index in [4.69, 9.17) is 10.5 Å². The summed E-state index contributed by atoms with van der Waals surface area (Å²) < 4.78 is 5.33. The monoisotopic (exact) mass is 446 g/mol. The number of rotatable bonds is 10. The van der Waals surface area contributed by atoms with Crippen molar-refractivity contribution in [1.29, 1.82) is 0 Å². The van der Waals surface area contributed by atoms with Gasteiger partial charge in [0.15, 0.2) is 0 Å². The number of carboxylic acid groups (broad SMARTS) is 2. The standard InChI is InChI=1S/C24H34N2O6/c1-2-32-24(31)17(13-12-15-8-4-3-5-9-15)21(20(25)23(29)30)26-18-11-7-6-10-16(18)14-19(26)22(27)28/h3-5,8-9,16-21H,2,6-7,10-14,25H2,1H3,(H,27,28)(H,29,30).